The van der Waals surface area contributed by atoms with Crippen molar-refractivity contribution in [2.24, 2.45) is 0 Å². The van der Waals surface area contributed by atoms with Crippen molar-refractivity contribution in [3.63, 3.8) is 0 Å². The van der Waals surface area contributed by atoms with Crippen molar-refractivity contribution < 1.29 is 13.2 Å². The summed E-state index contributed by atoms with van der Waals surface area (Å²) in [5, 5.41) is 0.677. The molecule has 1 saturated heterocycles. The van der Waals surface area contributed by atoms with Crippen molar-refractivity contribution in [3.05, 3.63) is 53.2 Å². The Balaban J connectivity index is 1.80. The Morgan fingerprint density at radius 2 is 1.83 bits per heavy atom. The van der Waals surface area contributed by atoms with Gasteiger partial charge in [-0.3, -0.25) is 0 Å². The van der Waals surface area contributed by atoms with Gasteiger partial charge in [-0.15, -0.1) is 0 Å². The van der Waals surface area contributed by atoms with E-state index in [4.69, 9.17) is 16.3 Å². The van der Waals surface area contributed by atoms with Crippen LogP contribution >= 0.6 is 11.6 Å². The number of morpholine rings is 1. The fraction of sp³-hybridized carbons (Fsp3) is 0.476. The van der Waals surface area contributed by atoms with E-state index in [0.717, 1.165) is 11.4 Å². The summed E-state index contributed by atoms with van der Waals surface area (Å²) in [6.07, 6.45) is 1.29. The summed E-state index contributed by atoms with van der Waals surface area (Å²) >= 11 is 6.32. The monoisotopic (exact) mass is 437 g/mol. The Morgan fingerprint density at radius 3 is 2.41 bits per heavy atom. The van der Waals surface area contributed by atoms with E-state index in [1.54, 1.807) is 12.1 Å². The number of aromatic nitrogens is 1. The minimum absolute atomic E-state index is 0.129. The second kappa shape index (κ2) is 9.00. The van der Waals surface area contributed by atoms with Crippen LogP contribution in [0.5, 0.6) is 0 Å². The Hall–Kier alpha value is -1.67. The molecule has 29 heavy (non-hydrogen) atoms. The average molecular weight is 438 g/mol. The molecule has 0 spiro atoms. The molecule has 1 aromatic heterocycles. The van der Waals surface area contributed by atoms with Gasteiger partial charge in [0.05, 0.1) is 6.61 Å². The van der Waals surface area contributed by atoms with Crippen molar-refractivity contribution in [1.82, 2.24) is 9.29 Å². The number of anilines is 1. The summed E-state index contributed by atoms with van der Waals surface area (Å²) in [7, 11) is -3.60. The SMILES string of the molecule is CC(C)N(C(C)C)S(=O)(=O)c1ccc(N2CCOC(c3ccccc3Cl)C2)nc1. The van der Waals surface area contributed by atoms with E-state index in [2.05, 4.69) is 9.88 Å². The normalized spacial score (nSPS) is 18.1. The van der Waals surface area contributed by atoms with E-state index in [1.807, 2.05) is 52.0 Å². The summed E-state index contributed by atoms with van der Waals surface area (Å²) in [5.74, 6) is 0.727. The number of pyridine rings is 1. The van der Waals surface area contributed by atoms with Crippen molar-refractivity contribution >= 4 is 27.4 Å². The summed E-state index contributed by atoms with van der Waals surface area (Å²) in [5.41, 5.74) is 0.947. The molecule has 3 rings (SSSR count). The molecule has 2 heterocycles. The third kappa shape index (κ3) is 4.74. The molecule has 6 nitrogen and oxygen atoms in total. The molecule has 1 fully saturated rings. The van der Waals surface area contributed by atoms with E-state index in [-0.39, 0.29) is 23.1 Å². The minimum atomic E-state index is -3.60. The molecule has 1 unspecified atom stereocenters. The summed E-state index contributed by atoms with van der Waals surface area (Å²) < 4.78 is 33.4. The summed E-state index contributed by atoms with van der Waals surface area (Å²) in [6.45, 7) is 9.34. The van der Waals surface area contributed by atoms with Gasteiger partial charge in [-0.25, -0.2) is 13.4 Å². The molecular formula is C21H28ClN3O3S. The number of hydrogen-bond acceptors (Lipinski definition) is 5. The quantitative estimate of drug-likeness (QED) is 0.680. The number of rotatable bonds is 6. The molecule has 0 N–H and O–H groups in total. The van der Waals surface area contributed by atoms with Crippen LogP contribution in [-0.2, 0) is 14.8 Å². The summed E-state index contributed by atoms with van der Waals surface area (Å²) in [6, 6.07) is 10.8. The number of nitrogens with zero attached hydrogens (tertiary/aromatic N) is 3. The number of sulfonamides is 1. The van der Waals surface area contributed by atoms with Gasteiger partial charge in [0.15, 0.2) is 0 Å². The molecule has 8 heteroatoms. The zero-order valence-corrected chi connectivity index (χ0v) is 18.8. The van der Waals surface area contributed by atoms with Gasteiger partial charge in [-0.05, 0) is 45.9 Å². The van der Waals surface area contributed by atoms with Crippen molar-refractivity contribution in [2.75, 3.05) is 24.6 Å². The van der Waals surface area contributed by atoms with Crippen LogP contribution < -0.4 is 4.90 Å². The predicted octanol–water partition coefficient (Wildman–Crippen LogP) is 4.12. The first kappa shape index (κ1) is 22.0. The highest BCUT2D eigenvalue weighted by atomic mass is 35.5. The van der Waals surface area contributed by atoms with E-state index in [9.17, 15) is 8.42 Å². The molecule has 1 aliphatic rings. The van der Waals surface area contributed by atoms with Crippen LogP contribution in [-0.4, -0.2) is 49.5 Å². The highest BCUT2D eigenvalue weighted by molar-refractivity contribution is 7.89. The standard InChI is InChI=1S/C21H28ClN3O3S/c1-15(2)25(16(3)4)29(26,27)17-9-10-21(23-13-17)24-11-12-28-20(14-24)18-7-5-6-8-19(18)22/h5-10,13,15-16,20H,11-12,14H2,1-4H3. The number of ether oxygens (including phenoxy) is 1. The molecule has 0 bridgehead atoms. The van der Waals surface area contributed by atoms with Crippen LogP contribution in [0.15, 0.2) is 47.5 Å². The van der Waals surface area contributed by atoms with Crippen LogP contribution in [0.25, 0.3) is 0 Å². The van der Waals surface area contributed by atoms with E-state index in [1.165, 1.54) is 10.5 Å². The smallest absolute Gasteiger partial charge is 0.245 e. The second-order valence-corrected chi connectivity index (χ2v) is 9.95. The van der Waals surface area contributed by atoms with Crippen LogP contribution in [0, 0.1) is 0 Å². The third-order valence-electron chi connectivity index (χ3n) is 4.96. The third-order valence-corrected chi connectivity index (χ3v) is 7.54. The largest absolute Gasteiger partial charge is 0.370 e. The molecule has 1 aromatic carbocycles. The van der Waals surface area contributed by atoms with Crippen LogP contribution in [0.3, 0.4) is 0 Å². The zero-order chi connectivity index (χ0) is 21.2. The average Bonchev–Trinajstić information content (AvgIpc) is 2.67. The highest BCUT2D eigenvalue weighted by Crippen LogP contribution is 2.30. The van der Waals surface area contributed by atoms with Gasteiger partial charge in [-0.2, -0.15) is 4.31 Å². The molecule has 0 aliphatic carbocycles. The number of benzene rings is 1. The highest BCUT2D eigenvalue weighted by Gasteiger charge is 2.30. The molecule has 0 saturated carbocycles. The number of hydrogen-bond donors (Lipinski definition) is 0. The lowest BCUT2D eigenvalue weighted by molar-refractivity contribution is 0.0396. The van der Waals surface area contributed by atoms with E-state index < -0.39 is 10.0 Å². The van der Waals surface area contributed by atoms with Gasteiger partial charge < -0.3 is 9.64 Å². The molecule has 1 atom stereocenters. The predicted molar refractivity (Wildman–Crippen MR) is 116 cm³/mol. The molecular weight excluding hydrogens is 410 g/mol. The molecule has 2 aromatic rings. The van der Waals surface area contributed by atoms with Crippen LogP contribution in [0.4, 0.5) is 5.82 Å². The first-order valence-corrected chi connectivity index (χ1v) is 11.6. The van der Waals surface area contributed by atoms with E-state index in [0.29, 0.717) is 24.7 Å². The topological polar surface area (TPSA) is 62.7 Å². The Kier molecular flexibility index (Phi) is 6.83. The van der Waals surface area contributed by atoms with Gasteiger partial charge in [0, 0.05) is 42.0 Å². The Labute approximate surface area is 178 Å². The number of halogens is 1. The maximum atomic E-state index is 13.0. The van der Waals surface area contributed by atoms with Crippen molar-refractivity contribution in [1.29, 1.82) is 0 Å². The van der Waals surface area contributed by atoms with Gasteiger partial charge >= 0.3 is 0 Å². The van der Waals surface area contributed by atoms with Gasteiger partial charge in [0.1, 0.15) is 16.8 Å². The molecule has 0 radical (unpaired) electrons. The Morgan fingerprint density at radius 1 is 1.14 bits per heavy atom. The summed E-state index contributed by atoms with van der Waals surface area (Å²) in [4.78, 5) is 6.75. The maximum absolute atomic E-state index is 13.0. The maximum Gasteiger partial charge on any atom is 0.245 e. The van der Waals surface area contributed by atoms with Gasteiger partial charge in [-0.1, -0.05) is 29.8 Å². The van der Waals surface area contributed by atoms with Crippen molar-refractivity contribution in [3.8, 4) is 0 Å². The molecule has 158 valence electrons. The zero-order valence-electron chi connectivity index (χ0n) is 17.2. The fourth-order valence-corrected chi connectivity index (χ4v) is 5.80. The molecule has 1 aliphatic heterocycles. The fourth-order valence-electron chi connectivity index (χ4n) is 3.77. The van der Waals surface area contributed by atoms with Crippen LogP contribution in [0.2, 0.25) is 5.02 Å². The first-order chi connectivity index (χ1) is 13.7. The van der Waals surface area contributed by atoms with Gasteiger partial charge in [0.25, 0.3) is 0 Å². The van der Waals surface area contributed by atoms with Crippen LogP contribution in [0.1, 0.15) is 39.4 Å². The lowest BCUT2D eigenvalue weighted by Gasteiger charge is -2.34. The lowest BCUT2D eigenvalue weighted by atomic mass is 10.1. The minimum Gasteiger partial charge on any atom is -0.370 e. The van der Waals surface area contributed by atoms with Crippen molar-refractivity contribution in [2.45, 2.75) is 50.8 Å². The lowest BCUT2D eigenvalue weighted by Crippen LogP contribution is -2.42. The first-order valence-electron chi connectivity index (χ1n) is 9.82. The van der Waals surface area contributed by atoms with Gasteiger partial charge in [0.2, 0.25) is 10.0 Å². The Bertz CT molecular complexity index is 924. The second-order valence-electron chi connectivity index (χ2n) is 7.70. The molecule has 0 amide bonds. The van der Waals surface area contributed by atoms with E-state index >= 15 is 0 Å².